The molecule has 1 aromatic carbocycles. The first-order valence-electron chi connectivity index (χ1n) is 8.81. The lowest BCUT2D eigenvalue weighted by Gasteiger charge is -2.23. The maximum atomic E-state index is 12.5. The molecule has 0 bridgehead atoms. The van der Waals surface area contributed by atoms with E-state index < -0.39 is 15.8 Å². The van der Waals surface area contributed by atoms with E-state index in [1.165, 1.54) is 0 Å². The molecule has 2 aliphatic heterocycles. The summed E-state index contributed by atoms with van der Waals surface area (Å²) in [4.78, 5) is 26.3. The summed E-state index contributed by atoms with van der Waals surface area (Å²) in [6.07, 6.45) is 0.557. The van der Waals surface area contributed by atoms with Crippen LogP contribution >= 0.6 is 0 Å². The van der Waals surface area contributed by atoms with Crippen LogP contribution in [-0.2, 0) is 26.0 Å². The lowest BCUT2D eigenvalue weighted by molar-refractivity contribution is -0.130. The molecule has 8 nitrogen and oxygen atoms in total. The van der Waals surface area contributed by atoms with Crippen molar-refractivity contribution in [2.75, 3.05) is 32.3 Å². The van der Waals surface area contributed by atoms with Crippen LogP contribution in [0.3, 0.4) is 0 Å². The summed E-state index contributed by atoms with van der Waals surface area (Å²) < 4.78 is 33.8. The third kappa shape index (κ3) is 4.35. The highest BCUT2D eigenvalue weighted by molar-refractivity contribution is 7.91. The van der Waals surface area contributed by atoms with Crippen LogP contribution in [0.15, 0.2) is 18.2 Å². The Labute approximate surface area is 158 Å². The number of nitrogens with one attached hydrogen (secondary N) is 1. The van der Waals surface area contributed by atoms with Crippen molar-refractivity contribution in [3.8, 4) is 11.5 Å². The van der Waals surface area contributed by atoms with Gasteiger partial charge in [-0.15, -0.1) is 0 Å². The van der Waals surface area contributed by atoms with Crippen molar-refractivity contribution in [2.24, 2.45) is 5.92 Å². The molecule has 0 saturated carbocycles. The van der Waals surface area contributed by atoms with E-state index in [9.17, 15) is 18.0 Å². The molecule has 0 spiro atoms. The number of methoxy groups -OCH3 is 2. The molecule has 2 heterocycles. The second kappa shape index (κ2) is 7.75. The van der Waals surface area contributed by atoms with Crippen LogP contribution in [0, 0.1) is 5.92 Å². The Morgan fingerprint density at radius 2 is 2.07 bits per heavy atom. The zero-order valence-corrected chi connectivity index (χ0v) is 16.3. The number of sulfone groups is 1. The second-order valence-electron chi connectivity index (χ2n) is 6.90. The molecule has 2 aliphatic rings. The van der Waals surface area contributed by atoms with Gasteiger partial charge in [-0.2, -0.15) is 0 Å². The molecule has 2 fully saturated rings. The molecule has 1 aromatic rings. The molecule has 9 heteroatoms. The molecule has 0 radical (unpaired) electrons. The first-order valence-corrected chi connectivity index (χ1v) is 10.6. The number of carbonyl (C=O) groups is 2. The van der Waals surface area contributed by atoms with Gasteiger partial charge in [-0.1, -0.05) is 0 Å². The van der Waals surface area contributed by atoms with Crippen LogP contribution < -0.4 is 14.8 Å². The fourth-order valence-corrected chi connectivity index (χ4v) is 5.36. The molecule has 1 N–H and O–H groups in total. The Kier molecular flexibility index (Phi) is 5.59. The summed E-state index contributed by atoms with van der Waals surface area (Å²) in [6.45, 7) is 0.516. The first-order chi connectivity index (χ1) is 12.8. The van der Waals surface area contributed by atoms with Gasteiger partial charge in [-0.25, -0.2) is 8.42 Å². The highest BCUT2D eigenvalue weighted by Crippen LogP contribution is 2.27. The van der Waals surface area contributed by atoms with Crippen LogP contribution in [-0.4, -0.2) is 63.4 Å². The summed E-state index contributed by atoms with van der Waals surface area (Å²) in [5.74, 6) is 0.536. The molecule has 148 valence electrons. The maximum Gasteiger partial charge on any atom is 0.225 e. The van der Waals surface area contributed by atoms with Crippen LogP contribution in [0.2, 0.25) is 0 Å². The minimum absolute atomic E-state index is 0.00587. The van der Waals surface area contributed by atoms with Gasteiger partial charge in [0.05, 0.1) is 31.6 Å². The summed E-state index contributed by atoms with van der Waals surface area (Å²) in [5, 5.41) is 2.84. The Morgan fingerprint density at radius 1 is 1.30 bits per heavy atom. The van der Waals surface area contributed by atoms with Crippen LogP contribution in [0.5, 0.6) is 11.5 Å². The van der Waals surface area contributed by atoms with Crippen molar-refractivity contribution in [2.45, 2.75) is 25.4 Å². The summed E-state index contributed by atoms with van der Waals surface area (Å²) in [6, 6.07) is 5.02. The maximum absolute atomic E-state index is 12.5. The highest BCUT2D eigenvalue weighted by atomic mass is 32.2. The Morgan fingerprint density at radius 3 is 2.70 bits per heavy atom. The molecule has 2 saturated heterocycles. The second-order valence-corrected chi connectivity index (χ2v) is 9.13. The third-order valence-electron chi connectivity index (χ3n) is 5.12. The fraction of sp³-hybridized carbons (Fsp3) is 0.556. The van der Waals surface area contributed by atoms with E-state index in [4.69, 9.17) is 9.47 Å². The number of benzene rings is 1. The van der Waals surface area contributed by atoms with Crippen molar-refractivity contribution >= 4 is 21.7 Å². The predicted molar refractivity (Wildman–Crippen MR) is 98.3 cm³/mol. The zero-order chi connectivity index (χ0) is 19.6. The SMILES string of the molecule is COc1ccc(OC)c(CNC(=O)[C@@H]2CC(=O)N([C@H]3CCS(=O)(=O)C3)C2)c1. The van der Waals surface area contributed by atoms with Gasteiger partial charge < -0.3 is 19.7 Å². The molecule has 2 amide bonds. The Hall–Kier alpha value is -2.29. The van der Waals surface area contributed by atoms with Crippen molar-refractivity contribution in [1.29, 1.82) is 0 Å². The third-order valence-corrected chi connectivity index (χ3v) is 6.87. The topological polar surface area (TPSA) is 102 Å². The standard InChI is InChI=1S/C18H24N2O6S/c1-25-15-3-4-16(26-2)12(7-15)9-19-18(22)13-8-17(21)20(10-13)14-5-6-27(23,24)11-14/h3-4,7,13-14H,5-6,8-11H2,1-2H3,(H,19,22)/t13-,14+/m1/s1. The molecule has 0 unspecified atom stereocenters. The lowest BCUT2D eigenvalue weighted by Crippen LogP contribution is -2.39. The number of amides is 2. The minimum Gasteiger partial charge on any atom is -0.497 e. The zero-order valence-electron chi connectivity index (χ0n) is 15.4. The highest BCUT2D eigenvalue weighted by Gasteiger charge is 2.41. The van der Waals surface area contributed by atoms with Crippen LogP contribution in [0.25, 0.3) is 0 Å². The Bertz CT molecular complexity index is 838. The number of carbonyl (C=O) groups excluding carboxylic acids is 2. The van der Waals surface area contributed by atoms with Gasteiger partial charge in [0.1, 0.15) is 11.5 Å². The van der Waals surface area contributed by atoms with Gasteiger partial charge in [0.2, 0.25) is 11.8 Å². The van der Waals surface area contributed by atoms with Gasteiger partial charge in [0.25, 0.3) is 0 Å². The van der Waals surface area contributed by atoms with E-state index in [0.29, 0.717) is 17.9 Å². The molecule has 0 aliphatic carbocycles. The normalized spacial score (nSPS) is 24.1. The van der Waals surface area contributed by atoms with E-state index in [1.807, 2.05) is 0 Å². The van der Waals surface area contributed by atoms with Crippen LogP contribution in [0.1, 0.15) is 18.4 Å². The number of hydrogen-bond acceptors (Lipinski definition) is 6. The number of hydrogen-bond donors (Lipinski definition) is 1. The fourth-order valence-electron chi connectivity index (χ4n) is 3.63. The smallest absolute Gasteiger partial charge is 0.225 e. The van der Waals surface area contributed by atoms with Gasteiger partial charge in [-0.05, 0) is 24.6 Å². The van der Waals surface area contributed by atoms with Crippen molar-refractivity contribution in [1.82, 2.24) is 10.2 Å². The Balaban J connectivity index is 1.60. The van der Waals surface area contributed by atoms with Crippen molar-refractivity contribution in [3.63, 3.8) is 0 Å². The van der Waals surface area contributed by atoms with E-state index in [0.717, 1.165) is 5.56 Å². The number of rotatable bonds is 6. The molecular weight excluding hydrogens is 372 g/mol. The van der Waals surface area contributed by atoms with Gasteiger partial charge in [0.15, 0.2) is 9.84 Å². The number of nitrogens with zero attached hydrogens (tertiary/aromatic N) is 1. The number of likely N-dealkylation sites (tertiary alicyclic amines) is 1. The van der Waals surface area contributed by atoms with E-state index in [2.05, 4.69) is 5.32 Å². The van der Waals surface area contributed by atoms with Gasteiger partial charge >= 0.3 is 0 Å². The van der Waals surface area contributed by atoms with Crippen LogP contribution in [0.4, 0.5) is 0 Å². The molecule has 27 heavy (non-hydrogen) atoms. The quantitative estimate of drug-likeness (QED) is 0.745. The number of ether oxygens (including phenoxy) is 2. The largest absolute Gasteiger partial charge is 0.497 e. The average Bonchev–Trinajstić information content (AvgIpc) is 3.21. The van der Waals surface area contributed by atoms with Crippen molar-refractivity contribution in [3.05, 3.63) is 23.8 Å². The van der Waals surface area contributed by atoms with Crippen molar-refractivity contribution < 1.29 is 27.5 Å². The average molecular weight is 396 g/mol. The predicted octanol–water partition coefficient (Wildman–Crippen LogP) is 0.356. The lowest BCUT2D eigenvalue weighted by atomic mass is 10.1. The van der Waals surface area contributed by atoms with Gasteiger partial charge in [0, 0.05) is 31.1 Å². The van der Waals surface area contributed by atoms with Gasteiger partial charge in [-0.3, -0.25) is 9.59 Å². The molecule has 0 aromatic heterocycles. The molecule has 2 atom stereocenters. The minimum atomic E-state index is -3.07. The monoisotopic (exact) mass is 396 g/mol. The first kappa shape index (κ1) is 19.5. The van der Waals surface area contributed by atoms with E-state index in [-0.39, 0.29) is 48.9 Å². The summed E-state index contributed by atoms with van der Waals surface area (Å²) >= 11 is 0. The summed E-state index contributed by atoms with van der Waals surface area (Å²) in [5.41, 5.74) is 0.772. The molecular formula is C18H24N2O6S. The van der Waals surface area contributed by atoms with E-state index in [1.54, 1.807) is 37.3 Å². The summed E-state index contributed by atoms with van der Waals surface area (Å²) in [7, 11) is 0.0387. The van der Waals surface area contributed by atoms with E-state index >= 15 is 0 Å². The molecule has 3 rings (SSSR count).